The second kappa shape index (κ2) is 6.85. The molecule has 2 fully saturated rings. The van der Waals surface area contributed by atoms with Gasteiger partial charge in [-0.05, 0) is 52.9 Å². The van der Waals surface area contributed by atoms with Crippen LogP contribution in [-0.2, 0) is 4.74 Å². The first kappa shape index (κ1) is 14.3. The lowest BCUT2D eigenvalue weighted by Crippen LogP contribution is -2.53. The van der Waals surface area contributed by atoms with E-state index in [9.17, 15) is 0 Å². The normalized spacial score (nSPS) is 29.7. The number of hydrogen-bond donors (Lipinski definition) is 1. The van der Waals surface area contributed by atoms with E-state index in [0.717, 1.165) is 25.6 Å². The van der Waals surface area contributed by atoms with Crippen molar-refractivity contribution in [1.29, 1.82) is 0 Å². The lowest BCUT2D eigenvalue weighted by molar-refractivity contribution is -0.0342. The summed E-state index contributed by atoms with van der Waals surface area (Å²) in [6.45, 7) is 8.92. The minimum Gasteiger partial charge on any atom is -0.374 e. The van der Waals surface area contributed by atoms with Gasteiger partial charge in [-0.25, -0.2) is 0 Å². The van der Waals surface area contributed by atoms with E-state index in [2.05, 4.69) is 36.1 Å². The van der Waals surface area contributed by atoms with E-state index in [1.807, 2.05) is 0 Å². The highest BCUT2D eigenvalue weighted by Gasteiger charge is 2.29. The van der Waals surface area contributed by atoms with E-state index in [-0.39, 0.29) is 0 Å². The molecule has 0 saturated carbocycles. The Kier molecular flexibility index (Phi) is 5.42. The Morgan fingerprint density at radius 2 is 2.06 bits per heavy atom. The van der Waals surface area contributed by atoms with Crippen LogP contribution in [0, 0.1) is 5.92 Å². The molecule has 0 radical (unpaired) electrons. The molecule has 2 rings (SSSR count). The van der Waals surface area contributed by atoms with Crippen molar-refractivity contribution in [3.05, 3.63) is 0 Å². The largest absolute Gasteiger partial charge is 0.374 e. The zero-order valence-corrected chi connectivity index (χ0v) is 12.2. The van der Waals surface area contributed by atoms with E-state index in [4.69, 9.17) is 4.74 Å². The van der Waals surface area contributed by atoms with Gasteiger partial charge >= 0.3 is 0 Å². The topological polar surface area (TPSA) is 27.7 Å². The van der Waals surface area contributed by atoms with Crippen LogP contribution in [0.2, 0.25) is 0 Å². The van der Waals surface area contributed by atoms with Crippen LogP contribution in [0.15, 0.2) is 0 Å². The fourth-order valence-corrected chi connectivity index (χ4v) is 3.19. The van der Waals surface area contributed by atoms with E-state index in [1.54, 1.807) is 0 Å². The molecule has 0 aromatic carbocycles. The molecule has 2 aliphatic heterocycles. The van der Waals surface area contributed by atoms with Crippen molar-refractivity contribution >= 4 is 0 Å². The Morgan fingerprint density at radius 3 is 2.61 bits per heavy atom. The lowest BCUT2D eigenvalue weighted by Gasteiger charge is -2.41. The Morgan fingerprint density at radius 1 is 1.33 bits per heavy atom. The van der Waals surface area contributed by atoms with Crippen LogP contribution in [0.25, 0.3) is 0 Å². The summed E-state index contributed by atoms with van der Waals surface area (Å²) in [4.78, 5) is 4.93. The number of likely N-dealkylation sites (tertiary alicyclic amines) is 1. The quantitative estimate of drug-likeness (QED) is 0.798. The molecule has 4 nitrogen and oxygen atoms in total. The first-order valence-corrected chi connectivity index (χ1v) is 7.38. The molecule has 4 heteroatoms. The van der Waals surface area contributed by atoms with E-state index in [0.29, 0.717) is 12.1 Å². The lowest BCUT2D eigenvalue weighted by atomic mass is 9.94. The summed E-state index contributed by atoms with van der Waals surface area (Å²) in [6, 6.07) is 0.554. The minimum atomic E-state index is 0.379. The van der Waals surface area contributed by atoms with Crippen molar-refractivity contribution in [3.63, 3.8) is 0 Å². The van der Waals surface area contributed by atoms with Crippen LogP contribution in [0.3, 0.4) is 0 Å². The van der Waals surface area contributed by atoms with Gasteiger partial charge in [0, 0.05) is 25.7 Å². The SMILES string of the molecule is CC(C1CNCCO1)N1CCC(CN(C)C)CC1. The third kappa shape index (κ3) is 3.92. The molecule has 0 aliphatic carbocycles. The molecule has 2 unspecified atom stereocenters. The van der Waals surface area contributed by atoms with E-state index < -0.39 is 0 Å². The van der Waals surface area contributed by atoms with Gasteiger partial charge in [-0.15, -0.1) is 0 Å². The summed E-state index contributed by atoms with van der Waals surface area (Å²) in [5.74, 6) is 0.883. The average Bonchev–Trinajstić information content (AvgIpc) is 2.39. The number of nitrogens with zero attached hydrogens (tertiary/aromatic N) is 2. The summed E-state index contributed by atoms with van der Waals surface area (Å²) < 4.78 is 5.87. The van der Waals surface area contributed by atoms with Gasteiger partial charge in [-0.3, -0.25) is 4.90 Å². The third-order valence-electron chi connectivity index (χ3n) is 4.34. The third-order valence-corrected chi connectivity index (χ3v) is 4.34. The molecule has 0 aromatic rings. The van der Waals surface area contributed by atoms with Crippen LogP contribution >= 0.6 is 0 Å². The summed E-state index contributed by atoms with van der Waals surface area (Å²) in [6.07, 6.45) is 3.05. The van der Waals surface area contributed by atoms with Crippen molar-refractivity contribution in [2.45, 2.75) is 31.9 Å². The number of nitrogens with one attached hydrogen (secondary N) is 1. The van der Waals surface area contributed by atoms with E-state index >= 15 is 0 Å². The summed E-state index contributed by atoms with van der Waals surface area (Å²) >= 11 is 0. The second-order valence-corrected chi connectivity index (χ2v) is 6.10. The Hall–Kier alpha value is -0.160. The number of rotatable bonds is 4. The molecule has 18 heavy (non-hydrogen) atoms. The first-order chi connectivity index (χ1) is 8.66. The summed E-state index contributed by atoms with van der Waals surface area (Å²) in [7, 11) is 4.35. The molecule has 2 saturated heterocycles. The highest BCUT2D eigenvalue weighted by atomic mass is 16.5. The summed E-state index contributed by atoms with van der Waals surface area (Å²) in [5, 5.41) is 3.43. The smallest absolute Gasteiger partial charge is 0.0852 e. The van der Waals surface area contributed by atoms with Crippen molar-refractivity contribution in [2.24, 2.45) is 5.92 Å². The Bertz CT molecular complexity index is 233. The van der Waals surface area contributed by atoms with Crippen molar-refractivity contribution in [1.82, 2.24) is 15.1 Å². The number of piperidine rings is 1. The molecule has 2 atom stereocenters. The maximum Gasteiger partial charge on any atom is 0.0852 e. The highest BCUT2D eigenvalue weighted by Crippen LogP contribution is 2.21. The predicted molar refractivity (Wildman–Crippen MR) is 74.9 cm³/mol. The van der Waals surface area contributed by atoms with Crippen molar-refractivity contribution in [2.75, 3.05) is 53.4 Å². The molecule has 0 bridgehead atoms. The van der Waals surface area contributed by atoms with Crippen molar-refractivity contribution in [3.8, 4) is 0 Å². The maximum absolute atomic E-state index is 5.87. The molecular formula is C14H29N3O. The number of morpholine rings is 1. The number of ether oxygens (including phenoxy) is 1. The van der Waals surface area contributed by atoms with Gasteiger partial charge in [0.05, 0.1) is 12.7 Å². The zero-order chi connectivity index (χ0) is 13.0. The molecule has 0 aromatic heterocycles. The molecule has 1 N–H and O–H groups in total. The Labute approximate surface area is 112 Å². The fraction of sp³-hybridized carbons (Fsp3) is 1.00. The molecule has 2 heterocycles. The predicted octanol–water partition coefficient (Wildman–Crippen LogP) is 0.637. The van der Waals surface area contributed by atoms with Crippen LogP contribution in [-0.4, -0.2) is 75.4 Å². The van der Waals surface area contributed by atoms with Crippen LogP contribution < -0.4 is 5.32 Å². The van der Waals surface area contributed by atoms with Crippen molar-refractivity contribution < 1.29 is 4.74 Å². The van der Waals surface area contributed by atoms with Gasteiger partial charge in [0.25, 0.3) is 0 Å². The molecule has 0 amide bonds. The second-order valence-electron chi connectivity index (χ2n) is 6.10. The van der Waals surface area contributed by atoms with E-state index in [1.165, 1.54) is 32.5 Å². The van der Waals surface area contributed by atoms with Crippen LogP contribution in [0.5, 0.6) is 0 Å². The van der Waals surface area contributed by atoms with Gasteiger partial charge in [-0.1, -0.05) is 0 Å². The van der Waals surface area contributed by atoms with Gasteiger partial charge < -0.3 is 15.0 Å². The summed E-state index contributed by atoms with van der Waals surface area (Å²) in [5.41, 5.74) is 0. The van der Waals surface area contributed by atoms with Crippen LogP contribution in [0.4, 0.5) is 0 Å². The van der Waals surface area contributed by atoms with Gasteiger partial charge in [0.15, 0.2) is 0 Å². The fourth-order valence-electron chi connectivity index (χ4n) is 3.19. The zero-order valence-electron chi connectivity index (χ0n) is 12.2. The molecule has 0 spiro atoms. The van der Waals surface area contributed by atoms with Gasteiger partial charge in [-0.2, -0.15) is 0 Å². The maximum atomic E-state index is 5.87. The Balaban J connectivity index is 1.74. The molecule has 2 aliphatic rings. The monoisotopic (exact) mass is 255 g/mol. The standard InChI is InChI=1S/C14H29N3O/c1-12(14-10-15-6-9-18-14)17-7-4-13(5-8-17)11-16(2)3/h12-15H,4-11H2,1-3H3. The molecular weight excluding hydrogens is 226 g/mol. The van der Waals surface area contributed by atoms with Gasteiger partial charge in [0.1, 0.15) is 0 Å². The van der Waals surface area contributed by atoms with Crippen LogP contribution in [0.1, 0.15) is 19.8 Å². The number of hydrogen-bond acceptors (Lipinski definition) is 4. The average molecular weight is 255 g/mol. The molecule has 106 valence electrons. The van der Waals surface area contributed by atoms with Gasteiger partial charge in [0.2, 0.25) is 0 Å². The minimum absolute atomic E-state index is 0.379. The highest BCUT2D eigenvalue weighted by molar-refractivity contribution is 4.84. The first-order valence-electron chi connectivity index (χ1n) is 7.38.